The minimum absolute atomic E-state index is 0.252. The van der Waals surface area contributed by atoms with E-state index in [1.54, 1.807) is 0 Å². The van der Waals surface area contributed by atoms with Crippen molar-refractivity contribution in [3.63, 3.8) is 0 Å². The molecule has 0 saturated heterocycles. The summed E-state index contributed by atoms with van der Waals surface area (Å²) < 4.78 is 16.6. The Morgan fingerprint density at radius 2 is 2.13 bits per heavy atom. The van der Waals surface area contributed by atoms with E-state index in [-0.39, 0.29) is 6.54 Å². The second kappa shape index (κ2) is 7.29. The van der Waals surface area contributed by atoms with Crippen molar-refractivity contribution in [2.24, 2.45) is 5.92 Å². The maximum absolute atomic E-state index is 9.86. The highest BCUT2D eigenvalue weighted by Gasteiger charge is 2.39. The minimum atomic E-state index is -1.02. The molecule has 90 valence electrons. The molecular weight excluding hydrogens is 242 g/mol. The first-order valence-electron chi connectivity index (χ1n) is 4.66. The van der Waals surface area contributed by atoms with Gasteiger partial charge in [-0.15, -0.1) is 0 Å². The quantitative estimate of drug-likeness (QED) is 0.605. The molecule has 1 unspecified atom stereocenters. The number of rotatable bonds is 2. The normalized spacial score (nSPS) is 35.2. The maximum Gasteiger partial charge on any atom is 0.335 e. The summed E-state index contributed by atoms with van der Waals surface area (Å²) in [6.07, 6.45) is 1.59. The lowest BCUT2D eigenvalue weighted by Crippen LogP contribution is -2.51. The predicted molar refractivity (Wildman–Crippen MR) is 56.7 cm³/mol. The molecule has 0 aromatic heterocycles. The largest absolute Gasteiger partial charge is 0.390 e. The van der Waals surface area contributed by atoms with E-state index >= 15 is 0 Å². The summed E-state index contributed by atoms with van der Waals surface area (Å²) in [5.41, 5.74) is -1.02. The van der Waals surface area contributed by atoms with Crippen molar-refractivity contribution >= 4 is 23.3 Å². The van der Waals surface area contributed by atoms with Crippen LogP contribution in [0.4, 0.5) is 0 Å². The van der Waals surface area contributed by atoms with Crippen molar-refractivity contribution in [3.8, 4) is 0 Å². The molecule has 0 heterocycles. The van der Waals surface area contributed by atoms with Gasteiger partial charge in [0, 0.05) is 6.54 Å². The van der Waals surface area contributed by atoms with Gasteiger partial charge >= 0.3 is 11.6 Å². The molecule has 3 atom stereocenters. The van der Waals surface area contributed by atoms with Gasteiger partial charge in [-0.3, -0.25) is 0 Å². The lowest BCUT2D eigenvalue weighted by molar-refractivity contribution is -0.105. The molecule has 0 aliphatic heterocycles. The molecule has 0 radical (unpaired) electrons. The zero-order valence-electron chi connectivity index (χ0n) is 8.48. The lowest BCUT2D eigenvalue weighted by Gasteiger charge is -2.38. The molecule has 1 saturated carbocycles. The topological polar surface area (TPSA) is 86.6 Å². The number of halogens is 1. The molecule has 7 heteroatoms. The molecule has 1 fully saturated rings. The number of hydrogen-bond acceptors (Lipinski definition) is 5. The van der Waals surface area contributed by atoms with Crippen molar-refractivity contribution in [3.05, 3.63) is 0 Å². The van der Waals surface area contributed by atoms with Crippen LogP contribution < -0.4 is 4.84 Å². The predicted octanol–water partition coefficient (Wildman–Crippen LogP) is -0.0284. The highest BCUT2D eigenvalue weighted by Crippen LogP contribution is 2.31. The third-order valence-corrected chi connectivity index (χ3v) is 2.82. The number of nitrogens with one attached hydrogen (secondary N) is 1. The molecule has 0 aromatic carbocycles. The lowest BCUT2D eigenvalue weighted by atomic mass is 9.77. The van der Waals surface area contributed by atoms with E-state index in [1.165, 1.54) is 0 Å². The highest BCUT2D eigenvalue weighted by molar-refractivity contribution is 7.51. The van der Waals surface area contributed by atoms with Crippen LogP contribution in [0, 0.1) is 5.92 Å². The van der Waals surface area contributed by atoms with Crippen molar-refractivity contribution in [2.75, 3.05) is 6.54 Å². The Kier molecular flexibility index (Phi) is 7.29. The van der Waals surface area contributed by atoms with Gasteiger partial charge in [0.25, 0.3) is 0 Å². The third kappa shape index (κ3) is 5.03. The van der Waals surface area contributed by atoms with Crippen LogP contribution in [0.25, 0.3) is 0 Å². The van der Waals surface area contributed by atoms with Gasteiger partial charge in [-0.25, -0.2) is 4.84 Å². The van der Waals surface area contributed by atoms with Crippen LogP contribution in [0.1, 0.15) is 26.2 Å². The van der Waals surface area contributed by atoms with Gasteiger partial charge < -0.3 is 10.2 Å². The summed E-state index contributed by atoms with van der Waals surface area (Å²) in [5.74, 6) is 0.496. The Bertz CT molecular complexity index is 225. The number of aliphatic hydroxyl groups is 2. The summed E-state index contributed by atoms with van der Waals surface area (Å²) in [5, 5.41) is 19.4. The first kappa shape index (κ1) is 15.0. The first-order valence-corrected chi connectivity index (χ1v) is 5.70. The second-order valence-electron chi connectivity index (χ2n) is 3.88. The molecule has 0 bridgehead atoms. The molecule has 0 spiro atoms. The SMILES string of the molecule is CC1CC[C@@](O)(CNCl)[C@H](O)C1.O=S=O. The van der Waals surface area contributed by atoms with E-state index in [1.807, 2.05) is 0 Å². The molecule has 0 amide bonds. The molecule has 1 aliphatic carbocycles. The summed E-state index contributed by atoms with van der Waals surface area (Å²) >= 11 is 4.56. The van der Waals surface area contributed by atoms with Gasteiger partial charge in [-0.1, -0.05) is 6.92 Å². The van der Waals surface area contributed by atoms with E-state index in [0.29, 0.717) is 18.8 Å². The van der Waals surface area contributed by atoms with Crippen molar-refractivity contribution < 1.29 is 18.6 Å². The summed E-state index contributed by atoms with van der Waals surface area (Å²) in [4.78, 5) is 2.39. The van der Waals surface area contributed by atoms with Crippen LogP contribution in [-0.2, 0) is 11.6 Å². The van der Waals surface area contributed by atoms with Crippen LogP contribution in [0.15, 0.2) is 0 Å². The number of hydrogen-bond donors (Lipinski definition) is 3. The van der Waals surface area contributed by atoms with E-state index in [9.17, 15) is 10.2 Å². The van der Waals surface area contributed by atoms with Gasteiger partial charge in [0.2, 0.25) is 0 Å². The molecular formula is C8H16ClNO4S. The van der Waals surface area contributed by atoms with Gasteiger partial charge in [-0.05, 0) is 37.0 Å². The van der Waals surface area contributed by atoms with Crippen LogP contribution in [0.3, 0.4) is 0 Å². The molecule has 5 nitrogen and oxygen atoms in total. The van der Waals surface area contributed by atoms with Crippen molar-refractivity contribution in [1.82, 2.24) is 4.84 Å². The fourth-order valence-electron chi connectivity index (χ4n) is 1.70. The Labute approximate surface area is 97.5 Å². The maximum atomic E-state index is 9.86. The van der Waals surface area contributed by atoms with Gasteiger partial charge in [-0.2, -0.15) is 8.42 Å². The molecule has 3 N–H and O–H groups in total. The monoisotopic (exact) mass is 257 g/mol. The zero-order chi connectivity index (χ0) is 11.9. The van der Waals surface area contributed by atoms with Crippen LogP contribution in [0.2, 0.25) is 0 Å². The van der Waals surface area contributed by atoms with E-state index in [2.05, 4.69) is 11.8 Å². The average Bonchev–Trinajstić information content (AvgIpc) is 2.15. The molecule has 0 aromatic rings. The Morgan fingerprint density at radius 3 is 2.53 bits per heavy atom. The molecule has 1 aliphatic rings. The Hall–Kier alpha value is -0.0100. The fraction of sp³-hybridized carbons (Fsp3) is 1.00. The van der Waals surface area contributed by atoms with Crippen LogP contribution >= 0.6 is 11.8 Å². The standard InChI is InChI=1S/C8H16ClNO2.O2S/c1-6-2-3-8(12,5-10-9)7(11)4-6;1-3-2/h6-7,10-12H,2-5H2,1H3;/t6?,7-,8-;/m1./s1. The molecule has 15 heavy (non-hydrogen) atoms. The molecule has 1 rings (SSSR count). The summed E-state index contributed by atoms with van der Waals surface area (Å²) in [7, 11) is 0. The van der Waals surface area contributed by atoms with Crippen LogP contribution in [0.5, 0.6) is 0 Å². The zero-order valence-corrected chi connectivity index (χ0v) is 10.1. The van der Waals surface area contributed by atoms with Gasteiger partial charge in [0.1, 0.15) is 5.60 Å². The first-order chi connectivity index (χ1) is 7.00. The van der Waals surface area contributed by atoms with Gasteiger partial charge in [0.15, 0.2) is 0 Å². The van der Waals surface area contributed by atoms with E-state index in [4.69, 9.17) is 20.2 Å². The average molecular weight is 258 g/mol. The third-order valence-electron chi connectivity index (χ3n) is 2.69. The van der Waals surface area contributed by atoms with Crippen LogP contribution in [-0.4, -0.2) is 36.9 Å². The Morgan fingerprint density at radius 1 is 1.60 bits per heavy atom. The summed E-state index contributed by atoms with van der Waals surface area (Å²) in [6, 6.07) is 0. The summed E-state index contributed by atoms with van der Waals surface area (Å²) in [6.45, 7) is 2.33. The second-order valence-corrected chi connectivity index (χ2v) is 4.28. The Balaban J connectivity index is 0.000000583. The number of aliphatic hydroxyl groups excluding tert-OH is 1. The van der Waals surface area contributed by atoms with E-state index < -0.39 is 23.3 Å². The fourth-order valence-corrected chi connectivity index (χ4v) is 1.93. The van der Waals surface area contributed by atoms with Crippen molar-refractivity contribution in [2.45, 2.75) is 37.9 Å². The van der Waals surface area contributed by atoms with Crippen molar-refractivity contribution in [1.29, 1.82) is 0 Å². The van der Waals surface area contributed by atoms with Gasteiger partial charge in [0.05, 0.1) is 6.10 Å². The minimum Gasteiger partial charge on any atom is -0.390 e. The van der Waals surface area contributed by atoms with E-state index in [0.717, 1.165) is 6.42 Å². The smallest absolute Gasteiger partial charge is 0.335 e. The highest BCUT2D eigenvalue weighted by atomic mass is 35.5.